The number of benzene rings is 1. The molecule has 1 N–H and O–H groups in total. The van der Waals surface area contributed by atoms with Crippen molar-refractivity contribution in [1.82, 2.24) is 20.2 Å². The van der Waals surface area contributed by atoms with Crippen LogP contribution in [0.25, 0.3) is 0 Å². The van der Waals surface area contributed by atoms with Gasteiger partial charge in [0, 0.05) is 24.2 Å². The molecule has 0 spiro atoms. The summed E-state index contributed by atoms with van der Waals surface area (Å²) < 4.78 is 0. The van der Waals surface area contributed by atoms with E-state index in [1.165, 1.54) is 16.7 Å². The van der Waals surface area contributed by atoms with Crippen molar-refractivity contribution in [2.45, 2.75) is 33.1 Å². The Hall–Kier alpha value is -2.01. The number of hydrogen-bond acceptors (Lipinski definition) is 4. The third-order valence-corrected chi connectivity index (χ3v) is 4.72. The Balaban J connectivity index is 2.02. The second-order valence-electron chi connectivity index (χ2n) is 5.27. The second-order valence-corrected chi connectivity index (χ2v) is 6.53. The molecule has 0 aliphatic carbocycles. The first-order valence-electron chi connectivity index (χ1n) is 6.98. The lowest BCUT2D eigenvalue weighted by molar-refractivity contribution is 0.757. The first-order chi connectivity index (χ1) is 10.1. The maximum Gasteiger partial charge on any atom is 0.118 e. The van der Waals surface area contributed by atoms with Crippen LogP contribution >= 0.6 is 11.3 Å². The minimum atomic E-state index is 0.236. The van der Waals surface area contributed by atoms with E-state index in [-0.39, 0.29) is 5.92 Å². The Morgan fingerprint density at radius 1 is 1.19 bits per heavy atom. The minimum Gasteiger partial charge on any atom is -0.348 e. The highest BCUT2D eigenvalue weighted by atomic mass is 32.1. The smallest absolute Gasteiger partial charge is 0.118 e. The van der Waals surface area contributed by atoms with Gasteiger partial charge >= 0.3 is 0 Å². The Kier molecular flexibility index (Phi) is 3.84. The van der Waals surface area contributed by atoms with Gasteiger partial charge in [-0.15, -0.1) is 21.5 Å². The summed E-state index contributed by atoms with van der Waals surface area (Å²) in [6, 6.07) is 6.46. The molecule has 0 saturated heterocycles. The van der Waals surface area contributed by atoms with Crippen LogP contribution in [0.2, 0.25) is 0 Å². The number of rotatable bonds is 4. The zero-order valence-electron chi connectivity index (χ0n) is 12.4. The maximum absolute atomic E-state index is 4.28. The molecule has 0 saturated carbocycles. The predicted octanol–water partition coefficient (Wildman–Crippen LogP) is 3.56. The third kappa shape index (κ3) is 2.88. The summed E-state index contributed by atoms with van der Waals surface area (Å²) in [6.07, 6.45) is 4.48. The largest absolute Gasteiger partial charge is 0.348 e. The van der Waals surface area contributed by atoms with Crippen molar-refractivity contribution in [3.8, 4) is 0 Å². The number of nitrogens with one attached hydrogen (secondary N) is 1. The van der Waals surface area contributed by atoms with Crippen molar-refractivity contribution in [1.29, 1.82) is 0 Å². The first kappa shape index (κ1) is 13.9. The minimum absolute atomic E-state index is 0.236. The van der Waals surface area contributed by atoms with E-state index >= 15 is 0 Å². The van der Waals surface area contributed by atoms with E-state index in [1.54, 1.807) is 17.7 Å². The van der Waals surface area contributed by atoms with Gasteiger partial charge in [-0.3, -0.25) is 0 Å². The fraction of sp³-hybridized carbons (Fsp3) is 0.312. The van der Waals surface area contributed by atoms with Gasteiger partial charge in [-0.05, 0) is 37.5 Å². The number of H-pyrrole nitrogens is 1. The molecule has 108 valence electrons. The van der Waals surface area contributed by atoms with Crippen LogP contribution in [0.5, 0.6) is 0 Å². The molecule has 0 bridgehead atoms. The van der Waals surface area contributed by atoms with Crippen LogP contribution < -0.4 is 0 Å². The van der Waals surface area contributed by atoms with Crippen LogP contribution in [0.1, 0.15) is 38.3 Å². The van der Waals surface area contributed by atoms with Crippen molar-refractivity contribution in [3.63, 3.8) is 0 Å². The van der Waals surface area contributed by atoms with E-state index in [2.05, 4.69) is 52.2 Å². The monoisotopic (exact) mass is 298 g/mol. The van der Waals surface area contributed by atoms with Crippen molar-refractivity contribution in [2.24, 2.45) is 0 Å². The quantitative estimate of drug-likeness (QED) is 0.801. The average molecular weight is 298 g/mol. The molecular formula is C16H18N4S. The lowest BCUT2D eigenvalue weighted by Gasteiger charge is -2.18. The van der Waals surface area contributed by atoms with Gasteiger partial charge in [-0.2, -0.15) is 0 Å². The fourth-order valence-electron chi connectivity index (χ4n) is 2.59. The second kappa shape index (κ2) is 5.77. The molecule has 1 unspecified atom stereocenters. The van der Waals surface area contributed by atoms with Gasteiger partial charge < -0.3 is 4.98 Å². The molecule has 0 aliphatic heterocycles. The summed E-state index contributed by atoms with van der Waals surface area (Å²) in [5.74, 6) is 0.236. The number of aromatic nitrogens is 4. The lowest BCUT2D eigenvalue weighted by atomic mass is 9.88. The van der Waals surface area contributed by atoms with E-state index < -0.39 is 0 Å². The SMILES string of the molecule is Cc1nnc(CC(c2cnc[nH]2)c2cccc(C)c2C)s1. The molecule has 5 heteroatoms. The Bertz CT molecular complexity index is 731. The topological polar surface area (TPSA) is 54.5 Å². The van der Waals surface area contributed by atoms with Gasteiger partial charge in [-0.25, -0.2) is 4.98 Å². The molecular weight excluding hydrogens is 280 g/mol. The van der Waals surface area contributed by atoms with Crippen LogP contribution in [0.15, 0.2) is 30.7 Å². The molecule has 3 rings (SSSR count). The van der Waals surface area contributed by atoms with E-state index in [1.807, 2.05) is 13.1 Å². The highest BCUT2D eigenvalue weighted by molar-refractivity contribution is 7.11. The molecule has 1 aromatic carbocycles. The van der Waals surface area contributed by atoms with Gasteiger partial charge in [0.15, 0.2) is 0 Å². The van der Waals surface area contributed by atoms with Crippen LogP contribution in [-0.4, -0.2) is 20.2 Å². The highest BCUT2D eigenvalue weighted by Gasteiger charge is 2.20. The summed E-state index contributed by atoms with van der Waals surface area (Å²) in [5, 5.41) is 10.5. The van der Waals surface area contributed by atoms with E-state index in [0.29, 0.717) is 0 Å². The van der Waals surface area contributed by atoms with Gasteiger partial charge in [-0.1, -0.05) is 18.2 Å². The third-order valence-electron chi connectivity index (χ3n) is 3.86. The summed E-state index contributed by atoms with van der Waals surface area (Å²) in [5.41, 5.74) is 5.09. The molecule has 0 fully saturated rings. The predicted molar refractivity (Wildman–Crippen MR) is 84.7 cm³/mol. The molecule has 0 aliphatic rings. The Morgan fingerprint density at radius 3 is 2.71 bits per heavy atom. The summed E-state index contributed by atoms with van der Waals surface area (Å²) in [6.45, 7) is 6.32. The number of hydrogen-bond donors (Lipinski definition) is 1. The Labute approximate surface area is 128 Å². The Morgan fingerprint density at radius 2 is 2.05 bits per heavy atom. The molecule has 0 radical (unpaired) electrons. The lowest BCUT2D eigenvalue weighted by Crippen LogP contribution is -2.08. The van der Waals surface area contributed by atoms with Crippen LogP contribution in [0.4, 0.5) is 0 Å². The summed E-state index contributed by atoms with van der Waals surface area (Å²) in [4.78, 5) is 7.43. The molecule has 0 amide bonds. The number of aryl methyl sites for hydroxylation is 2. The van der Waals surface area contributed by atoms with Crippen LogP contribution in [0.3, 0.4) is 0 Å². The molecule has 2 heterocycles. The molecule has 1 atom stereocenters. The van der Waals surface area contributed by atoms with E-state index in [4.69, 9.17) is 0 Å². The highest BCUT2D eigenvalue weighted by Crippen LogP contribution is 2.31. The standard InChI is InChI=1S/C16H18N4S/c1-10-5-4-6-13(11(10)2)14(15-8-17-9-18-15)7-16-20-19-12(3)21-16/h4-6,8-9,14H,7H2,1-3H3,(H,17,18). The summed E-state index contributed by atoms with van der Waals surface area (Å²) >= 11 is 1.66. The van der Waals surface area contributed by atoms with Crippen molar-refractivity contribution >= 4 is 11.3 Å². The first-order valence-corrected chi connectivity index (χ1v) is 7.80. The summed E-state index contributed by atoms with van der Waals surface area (Å²) in [7, 11) is 0. The van der Waals surface area contributed by atoms with Crippen molar-refractivity contribution < 1.29 is 0 Å². The molecule has 4 nitrogen and oxygen atoms in total. The van der Waals surface area contributed by atoms with Crippen molar-refractivity contribution in [3.05, 3.63) is 63.1 Å². The van der Waals surface area contributed by atoms with E-state index in [0.717, 1.165) is 22.1 Å². The molecule has 2 aromatic heterocycles. The molecule has 3 aromatic rings. The van der Waals surface area contributed by atoms with Gasteiger partial charge in [0.05, 0.1) is 6.33 Å². The van der Waals surface area contributed by atoms with Gasteiger partial charge in [0.25, 0.3) is 0 Å². The van der Waals surface area contributed by atoms with Crippen LogP contribution in [0, 0.1) is 20.8 Å². The van der Waals surface area contributed by atoms with Crippen molar-refractivity contribution in [2.75, 3.05) is 0 Å². The zero-order valence-corrected chi connectivity index (χ0v) is 13.2. The number of imidazole rings is 1. The maximum atomic E-state index is 4.28. The van der Waals surface area contributed by atoms with Gasteiger partial charge in [0.1, 0.15) is 10.0 Å². The number of nitrogens with zero attached hydrogens (tertiary/aromatic N) is 3. The average Bonchev–Trinajstić information content (AvgIpc) is 3.11. The molecule has 21 heavy (non-hydrogen) atoms. The van der Waals surface area contributed by atoms with Crippen LogP contribution in [-0.2, 0) is 6.42 Å². The van der Waals surface area contributed by atoms with Gasteiger partial charge in [0.2, 0.25) is 0 Å². The normalized spacial score (nSPS) is 12.5. The van der Waals surface area contributed by atoms with E-state index in [9.17, 15) is 0 Å². The number of aromatic amines is 1. The fourth-order valence-corrected chi connectivity index (χ4v) is 3.34. The zero-order chi connectivity index (χ0) is 14.8.